The van der Waals surface area contributed by atoms with Crippen LogP contribution < -0.4 is 11.1 Å². The molecule has 0 aromatic rings. The first-order valence-electron chi connectivity index (χ1n) is 5.83. The first kappa shape index (κ1) is 14.9. The summed E-state index contributed by atoms with van der Waals surface area (Å²) in [5.41, 5.74) is 5.66. The Morgan fingerprint density at radius 2 is 2.00 bits per heavy atom. The molecule has 0 unspecified atom stereocenters. The molecule has 0 saturated carbocycles. The van der Waals surface area contributed by atoms with Crippen molar-refractivity contribution in [3.05, 3.63) is 0 Å². The van der Waals surface area contributed by atoms with E-state index in [4.69, 9.17) is 10.8 Å². The molecule has 0 saturated heterocycles. The van der Waals surface area contributed by atoms with Gasteiger partial charge in [0.25, 0.3) is 0 Å². The number of unbranched alkanes of at least 4 members (excludes halogenated alkanes) is 2. The van der Waals surface area contributed by atoms with Gasteiger partial charge >= 0.3 is 5.97 Å². The molecular weight excluding hydrogens is 208 g/mol. The Morgan fingerprint density at radius 3 is 2.56 bits per heavy atom. The maximum Gasteiger partial charge on any atom is 0.303 e. The Morgan fingerprint density at radius 1 is 1.31 bits per heavy atom. The van der Waals surface area contributed by atoms with E-state index < -0.39 is 12.0 Å². The number of rotatable bonds is 9. The highest BCUT2D eigenvalue weighted by Gasteiger charge is 2.11. The minimum absolute atomic E-state index is 0.135. The van der Waals surface area contributed by atoms with Crippen LogP contribution in [0.15, 0.2) is 0 Å². The van der Waals surface area contributed by atoms with E-state index in [2.05, 4.69) is 12.2 Å². The lowest BCUT2D eigenvalue weighted by Gasteiger charge is -2.11. The summed E-state index contributed by atoms with van der Waals surface area (Å²) in [5, 5.41) is 11.1. The monoisotopic (exact) mass is 230 g/mol. The Balaban J connectivity index is 3.45. The summed E-state index contributed by atoms with van der Waals surface area (Å²) >= 11 is 0. The molecule has 16 heavy (non-hydrogen) atoms. The summed E-state index contributed by atoms with van der Waals surface area (Å²) in [6.07, 6.45) is 4.10. The molecule has 1 amide bonds. The number of aliphatic carboxylic acids is 1. The standard InChI is InChI=1S/C11H22N2O3/c1-2-3-6-9(12)11(16)13-8-5-4-7-10(14)15/h9H,2-8,12H2,1H3,(H,13,16)(H,14,15)/t9-/m0/s1. The number of carbonyl (C=O) groups is 2. The number of carbonyl (C=O) groups excluding carboxylic acids is 1. The van der Waals surface area contributed by atoms with Gasteiger partial charge in [-0.25, -0.2) is 0 Å². The van der Waals surface area contributed by atoms with Crippen molar-refractivity contribution >= 4 is 11.9 Å². The van der Waals surface area contributed by atoms with Crippen LogP contribution in [0, 0.1) is 0 Å². The van der Waals surface area contributed by atoms with Gasteiger partial charge in [-0.2, -0.15) is 0 Å². The van der Waals surface area contributed by atoms with Crippen LogP contribution >= 0.6 is 0 Å². The third-order valence-electron chi connectivity index (χ3n) is 2.32. The van der Waals surface area contributed by atoms with Crippen molar-refractivity contribution in [1.29, 1.82) is 0 Å². The molecule has 1 atom stereocenters. The molecule has 0 aromatic heterocycles. The van der Waals surface area contributed by atoms with Crippen LogP contribution in [-0.4, -0.2) is 29.6 Å². The lowest BCUT2D eigenvalue weighted by atomic mass is 10.1. The highest BCUT2D eigenvalue weighted by atomic mass is 16.4. The highest BCUT2D eigenvalue weighted by Crippen LogP contribution is 1.98. The minimum atomic E-state index is -0.800. The second-order valence-electron chi connectivity index (χ2n) is 3.89. The topological polar surface area (TPSA) is 92.4 Å². The lowest BCUT2D eigenvalue weighted by molar-refractivity contribution is -0.137. The van der Waals surface area contributed by atoms with Crippen LogP contribution in [0.1, 0.15) is 45.4 Å². The van der Waals surface area contributed by atoms with E-state index in [9.17, 15) is 9.59 Å². The van der Waals surface area contributed by atoms with Crippen LogP contribution in [0.5, 0.6) is 0 Å². The Hall–Kier alpha value is -1.10. The molecule has 0 aliphatic carbocycles. The van der Waals surface area contributed by atoms with Crippen molar-refractivity contribution in [1.82, 2.24) is 5.32 Å². The molecule has 0 aromatic carbocycles. The van der Waals surface area contributed by atoms with Crippen molar-refractivity contribution in [2.75, 3.05) is 6.54 Å². The summed E-state index contributed by atoms with van der Waals surface area (Å²) in [5.74, 6) is -0.935. The van der Waals surface area contributed by atoms with Crippen LogP contribution in [0.3, 0.4) is 0 Å². The molecule has 0 aliphatic rings. The van der Waals surface area contributed by atoms with Gasteiger partial charge in [0.15, 0.2) is 0 Å². The van der Waals surface area contributed by atoms with Crippen molar-refractivity contribution in [3.63, 3.8) is 0 Å². The number of nitrogens with one attached hydrogen (secondary N) is 1. The molecule has 5 nitrogen and oxygen atoms in total. The molecule has 0 rings (SSSR count). The average Bonchev–Trinajstić information content (AvgIpc) is 2.24. The zero-order chi connectivity index (χ0) is 12.4. The number of nitrogens with two attached hydrogens (primary N) is 1. The predicted octanol–water partition coefficient (Wildman–Crippen LogP) is 0.875. The number of amides is 1. The number of carboxylic acid groups (broad SMARTS) is 1. The fourth-order valence-electron chi connectivity index (χ4n) is 1.30. The highest BCUT2D eigenvalue weighted by molar-refractivity contribution is 5.81. The smallest absolute Gasteiger partial charge is 0.303 e. The third-order valence-corrected chi connectivity index (χ3v) is 2.32. The maximum absolute atomic E-state index is 11.4. The first-order chi connectivity index (χ1) is 7.57. The fraction of sp³-hybridized carbons (Fsp3) is 0.818. The van der Waals surface area contributed by atoms with Gasteiger partial charge in [-0.1, -0.05) is 19.8 Å². The normalized spacial score (nSPS) is 12.1. The largest absolute Gasteiger partial charge is 0.481 e. The van der Waals surface area contributed by atoms with Crippen molar-refractivity contribution in [2.45, 2.75) is 51.5 Å². The SMILES string of the molecule is CCCC[C@H](N)C(=O)NCCCCC(=O)O. The average molecular weight is 230 g/mol. The third kappa shape index (κ3) is 8.23. The van der Waals surface area contributed by atoms with Crippen molar-refractivity contribution in [2.24, 2.45) is 5.73 Å². The molecular formula is C11H22N2O3. The quantitative estimate of drug-likeness (QED) is 0.512. The predicted molar refractivity (Wildman–Crippen MR) is 62.0 cm³/mol. The summed E-state index contributed by atoms with van der Waals surface area (Å²) < 4.78 is 0. The summed E-state index contributed by atoms with van der Waals surface area (Å²) in [6, 6.07) is -0.431. The number of carboxylic acids is 1. The van der Waals surface area contributed by atoms with E-state index in [0.717, 1.165) is 12.8 Å². The van der Waals surface area contributed by atoms with Gasteiger partial charge in [0.1, 0.15) is 0 Å². The molecule has 0 fully saturated rings. The van der Waals surface area contributed by atoms with E-state index in [1.807, 2.05) is 0 Å². The van der Waals surface area contributed by atoms with Gasteiger partial charge in [0.05, 0.1) is 6.04 Å². The molecule has 0 aliphatic heterocycles. The molecule has 0 radical (unpaired) electrons. The van der Waals surface area contributed by atoms with Crippen LogP contribution in [0.2, 0.25) is 0 Å². The van der Waals surface area contributed by atoms with Gasteiger partial charge < -0.3 is 16.2 Å². The second-order valence-corrected chi connectivity index (χ2v) is 3.89. The van der Waals surface area contributed by atoms with Gasteiger partial charge in [0, 0.05) is 13.0 Å². The molecule has 5 heteroatoms. The Kier molecular flexibility index (Phi) is 8.52. The van der Waals surface area contributed by atoms with E-state index in [0.29, 0.717) is 25.8 Å². The molecule has 0 spiro atoms. The van der Waals surface area contributed by atoms with Crippen LogP contribution in [-0.2, 0) is 9.59 Å². The molecule has 0 bridgehead atoms. The second kappa shape index (κ2) is 9.15. The van der Waals surface area contributed by atoms with Gasteiger partial charge in [-0.15, -0.1) is 0 Å². The fourth-order valence-corrected chi connectivity index (χ4v) is 1.30. The van der Waals surface area contributed by atoms with E-state index in [1.54, 1.807) is 0 Å². The van der Waals surface area contributed by atoms with Crippen LogP contribution in [0.25, 0.3) is 0 Å². The minimum Gasteiger partial charge on any atom is -0.481 e. The Labute approximate surface area is 96.4 Å². The van der Waals surface area contributed by atoms with E-state index >= 15 is 0 Å². The van der Waals surface area contributed by atoms with Gasteiger partial charge in [0.2, 0.25) is 5.91 Å². The summed E-state index contributed by atoms with van der Waals surface area (Å²) in [4.78, 5) is 21.6. The zero-order valence-electron chi connectivity index (χ0n) is 9.87. The molecule has 4 N–H and O–H groups in total. The molecule has 94 valence electrons. The van der Waals surface area contributed by atoms with Crippen molar-refractivity contribution in [3.8, 4) is 0 Å². The lowest BCUT2D eigenvalue weighted by Crippen LogP contribution is -2.40. The van der Waals surface area contributed by atoms with E-state index in [1.165, 1.54) is 0 Å². The first-order valence-corrected chi connectivity index (χ1v) is 5.83. The maximum atomic E-state index is 11.4. The van der Waals surface area contributed by atoms with E-state index in [-0.39, 0.29) is 12.3 Å². The molecule has 0 heterocycles. The Bertz CT molecular complexity index is 219. The zero-order valence-corrected chi connectivity index (χ0v) is 9.87. The summed E-state index contributed by atoms with van der Waals surface area (Å²) in [7, 11) is 0. The number of hydrogen-bond donors (Lipinski definition) is 3. The van der Waals surface area contributed by atoms with Gasteiger partial charge in [-0.3, -0.25) is 9.59 Å². The van der Waals surface area contributed by atoms with Crippen molar-refractivity contribution < 1.29 is 14.7 Å². The number of hydrogen-bond acceptors (Lipinski definition) is 3. The van der Waals surface area contributed by atoms with Crippen LogP contribution in [0.4, 0.5) is 0 Å². The van der Waals surface area contributed by atoms with Gasteiger partial charge in [-0.05, 0) is 19.3 Å². The summed E-state index contributed by atoms with van der Waals surface area (Å²) in [6.45, 7) is 2.56.